The van der Waals surface area contributed by atoms with Gasteiger partial charge in [-0.15, -0.1) is 0 Å². The maximum atomic E-state index is 10.8. The molecule has 0 atom stereocenters. The standard InChI is InChI=1S/C9H7ClN2O2/c1-5-4-7(10)11-8-6(9(13)14)2-3-12(5)8/h2-4H,1H3,(H,13,14). The summed E-state index contributed by atoms with van der Waals surface area (Å²) in [5, 5.41) is 9.16. The molecule has 14 heavy (non-hydrogen) atoms. The molecule has 2 rings (SSSR count). The molecule has 0 radical (unpaired) electrons. The zero-order valence-corrected chi connectivity index (χ0v) is 8.12. The van der Waals surface area contributed by atoms with Crippen molar-refractivity contribution in [3.63, 3.8) is 0 Å². The molecule has 0 fully saturated rings. The second-order valence-electron chi connectivity index (χ2n) is 2.95. The molecule has 2 aromatic heterocycles. The number of aromatic nitrogens is 2. The summed E-state index contributed by atoms with van der Waals surface area (Å²) in [6.45, 7) is 1.84. The fourth-order valence-electron chi connectivity index (χ4n) is 1.36. The van der Waals surface area contributed by atoms with Crippen LogP contribution in [0.3, 0.4) is 0 Å². The molecule has 0 aliphatic heterocycles. The number of fused-ring (bicyclic) bond motifs is 1. The summed E-state index contributed by atoms with van der Waals surface area (Å²) in [6.07, 6.45) is 1.66. The van der Waals surface area contributed by atoms with Crippen LogP contribution in [0.2, 0.25) is 5.15 Å². The molecule has 2 heterocycles. The van der Waals surface area contributed by atoms with Crippen LogP contribution >= 0.6 is 11.6 Å². The third-order valence-electron chi connectivity index (χ3n) is 2.01. The van der Waals surface area contributed by atoms with Gasteiger partial charge in [-0.3, -0.25) is 0 Å². The van der Waals surface area contributed by atoms with Gasteiger partial charge >= 0.3 is 5.97 Å². The van der Waals surface area contributed by atoms with E-state index in [-0.39, 0.29) is 5.56 Å². The van der Waals surface area contributed by atoms with Gasteiger partial charge in [-0.1, -0.05) is 11.6 Å². The first kappa shape index (κ1) is 9.02. The van der Waals surface area contributed by atoms with Gasteiger partial charge in [-0.25, -0.2) is 9.78 Å². The quantitative estimate of drug-likeness (QED) is 0.733. The summed E-state index contributed by atoms with van der Waals surface area (Å²) in [6, 6.07) is 3.19. The van der Waals surface area contributed by atoms with Crippen LogP contribution in [0.5, 0.6) is 0 Å². The van der Waals surface area contributed by atoms with Gasteiger partial charge in [0.05, 0.1) is 0 Å². The smallest absolute Gasteiger partial charge is 0.339 e. The van der Waals surface area contributed by atoms with E-state index in [2.05, 4.69) is 4.98 Å². The predicted molar refractivity (Wildman–Crippen MR) is 51.9 cm³/mol. The molecule has 0 amide bonds. The van der Waals surface area contributed by atoms with Crippen LogP contribution in [0, 0.1) is 6.92 Å². The van der Waals surface area contributed by atoms with Gasteiger partial charge in [0.1, 0.15) is 10.7 Å². The highest BCUT2D eigenvalue weighted by Gasteiger charge is 2.12. The van der Waals surface area contributed by atoms with Crippen LogP contribution in [0.15, 0.2) is 18.3 Å². The molecule has 0 aliphatic rings. The Balaban J connectivity index is 2.85. The fourth-order valence-corrected chi connectivity index (χ4v) is 1.60. The van der Waals surface area contributed by atoms with Crippen molar-refractivity contribution in [2.75, 3.05) is 0 Å². The Morgan fingerprint density at radius 1 is 1.64 bits per heavy atom. The Hall–Kier alpha value is -1.55. The number of carboxylic acids is 1. The lowest BCUT2D eigenvalue weighted by Crippen LogP contribution is -1.99. The Bertz CT molecular complexity index is 519. The highest BCUT2D eigenvalue weighted by Crippen LogP contribution is 2.16. The van der Waals surface area contributed by atoms with Crippen molar-refractivity contribution in [3.05, 3.63) is 34.7 Å². The lowest BCUT2D eigenvalue weighted by atomic mass is 10.3. The number of rotatable bonds is 1. The van der Waals surface area contributed by atoms with Crippen LogP contribution < -0.4 is 0 Å². The number of nitrogens with zero attached hydrogens (tertiary/aromatic N) is 2. The predicted octanol–water partition coefficient (Wildman–Crippen LogP) is 1.99. The van der Waals surface area contributed by atoms with Crippen molar-refractivity contribution in [3.8, 4) is 0 Å². The number of halogens is 1. The minimum absolute atomic E-state index is 0.163. The molecule has 0 spiro atoms. The minimum atomic E-state index is -0.998. The van der Waals surface area contributed by atoms with Crippen LogP contribution in [-0.4, -0.2) is 20.5 Å². The fraction of sp³-hybridized carbons (Fsp3) is 0.111. The molecule has 5 heteroatoms. The average Bonchev–Trinajstić information content (AvgIpc) is 2.47. The highest BCUT2D eigenvalue weighted by atomic mass is 35.5. The molecular formula is C9H7ClN2O2. The van der Waals surface area contributed by atoms with Crippen LogP contribution in [0.25, 0.3) is 5.65 Å². The number of aryl methyl sites for hydroxylation is 1. The molecule has 0 aromatic carbocycles. The second-order valence-corrected chi connectivity index (χ2v) is 3.34. The summed E-state index contributed by atoms with van der Waals surface area (Å²) in [5.41, 5.74) is 1.39. The molecule has 0 bridgehead atoms. The molecule has 4 nitrogen and oxygen atoms in total. The zero-order valence-electron chi connectivity index (χ0n) is 7.36. The van der Waals surface area contributed by atoms with Gasteiger partial charge in [0.25, 0.3) is 0 Å². The van der Waals surface area contributed by atoms with Crippen molar-refractivity contribution >= 4 is 23.2 Å². The van der Waals surface area contributed by atoms with E-state index in [0.717, 1.165) is 5.69 Å². The van der Waals surface area contributed by atoms with Gasteiger partial charge in [0, 0.05) is 11.9 Å². The molecule has 0 saturated heterocycles. The second kappa shape index (κ2) is 2.99. The maximum absolute atomic E-state index is 10.8. The number of carbonyl (C=O) groups is 1. The zero-order chi connectivity index (χ0) is 10.3. The van der Waals surface area contributed by atoms with E-state index in [1.165, 1.54) is 6.07 Å². The Labute approximate surface area is 84.8 Å². The number of hydrogen-bond donors (Lipinski definition) is 1. The summed E-state index contributed by atoms with van der Waals surface area (Å²) >= 11 is 5.74. The topological polar surface area (TPSA) is 54.6 Å². The number of aromatic carboxylic acids is 1. The van der Waals surface area contributed by atoms with E-state index < -0.39 is 5.97 Å². The summed E-state index contributed by atoms with van der Waals surface area (Å²) in [4.78, 5) is 14.8. The van der Waals surface area contributed by atoms with Crippen molar-refractivity contribution in [1.82, 2.24) is 9.38 Å². The van der Waals surface area contributed by atoms with Gasteiger partial charge in [0.15, 0.2) is 5.65 Å². The third kappa shape index (κ3) is 1.24. The van der Waals surface area contributed by atoms with Gasteiger partial charge < -0.3 is 9.51 Å². The first-order valence-electron chi connectivity index (χ1n) is 3.97. The molecular weight excluding hydrogens is 204 g/mol. The van der Waals surface area contributed by atoms with E-state index >= 15 is 0 Å². The summed E-state index contributed by atoms with van der Waals surface area (Å²) in [7, 11) is 0. The van der Waals surface area contributed by atoms with Crippen LogP contribution in [0.1, 0.15) is 16.1 Å². The van der Waals surface area contributed by atoms with Gasteiger partial charge in [-0.2, -0.15) is 0 Å². The molecule has 1 N–H and O–H groups in total. The van der Waals surface area contributed by atoms with Crippen LogP contribution in [-0.2, 0) is 0 Å². The molecule has 0 aliphatic carbocycles. The molecule has 0 unspecified atom stereocenters. The van der Waals surface area contributed by atoms with E-state index in [0.29, 0.717) is 10.8 Å². The van der Waals surface area contributed by atoms with Crippen molar-refractivity contribution in [2.24, 2.45) is 0 Å². The average molecular weight is 211 g/mol. The van der Waals surface area contributed by atoms with E-state index in [4.69, 9.17) is 16.7 Å². The Morgan fingerprint density at radius 2 is 2.36 bits per heavy atom. The first-order chi connectivity index (χ1) is 6.59. The number of carboxylic acid groups (broad SMARTS) is 1. The van der Waals surface area contributed by atoms with E-state index in [1.54, 1.807) is 16.7 Å². The van der Waals surface area contributed by atoms with Crippen LogP contribution in [0.4, 0.5) is 0 Å². The van der Waals surface area contributed by atoms with Crippen molar-refractivity contribution in [2.45, 2.75) is 6.92 Å². The summed E-state index contributed by atoms with van der Waals surface area (Å²) < 4.78 is 1.69. The largest absolute Gasteiger partial charge is 0.478 e. The third-order valence-corrected chi connectivity index (χ3v) is 2.20. The first-order valence-corrected chi connectivity index (χ1v) is 4.35. The molecule has 0 saturated carbocycles. The molecule has 72 valence electrons. The Morgan fingerprint density at radius 3 is 3.00 bits per heavy atom. The maximum Gasteiger partial charge on any atom is 0.339 e. The lowest BCUT2D eigenvalue weighted by Gasteiger charge is -2.00. The SMILES string of the molecule is Cc1cc(Cl)nc2c(C(=O)O)ccn12. The number of hydrogen-bond acceptors (Lipinski definition) is 2. The normalized spacial score (nSPS) is 10.7. The van der Waals surface area contributed by atoms with Gasteiger partial charge in [0.2, 0.25) is 0 Å². The monoisotopic (exact) mass is 210 g/mol. The van der Waals surface area contributed by atoms with Crippen molar-refractivity contribution in [1.29, 1.82) is 0 Å². The Kier molecular flexibility index (Phi) is 1.93. The van der Waals surface area contributed by atoms with Crippen molar-refractivity contribution < 1.29 is 9.90 Å². The lowest BCUT2D eigenvalue weighted by molar-refractivity contribution is 0.0699. The highest BCUT2D eigenvalue weighted by molar-refractivity contribution is 6.29. The molecule has 2 aromatic rings. The van der Waals surface area contributed by atoms with E-state index in [9.17, 15) is 4.79 Å². The van der Waals surface area contributed by atoms with E-state index in [1.807, 2.05) is 6.92 Å². The summed E-state index contributed by atoms with van der Waals surface area (Å²) in [5.74, 6) is -0.998. The minimum Gasteiger partial charge on any atom is -0.478 e. The van der Waals surface area contributed by atoms with Gasteiger partial charge in [-0.05, 0) is 19.1 Å².